The second-order valence-corrected chi connectivity index (χ2v) is 7.05. The van der Waals surface area contributed by atoms with Crippen LogP contribution in [0.1, 0.15) is 5.56 Å². The molecule has 0 aliphatic carbocycles. The summed E-state index contributed by atoms with van der Waals surface area (Å²) < 4.78 is 51.6. The number of halogens is 3. The fourth-order valence-corrected chi connectivity index (χ4v) is 3.56. The first kappa shape index (κ1) is 14.9. The minimum atomic E-state index is -4.01. The van der Waals surface area contributed by atoms with Gasteiger partial charge >= 0.3 is 0 Å². The Morgan fingerprint density at radius 3 is 2.45 bits per heavy atom. The largest absolute Gasteiger partial charge is 0.398 e. The molecule has 0 aliphatic heterocycles. The number of sulfone groups is 1. The van der Waals surface area contributed by atoms with Gasteiger partial charge in [0.2, 0.25) is 0 Å². The number of anilines is 1. The lowest BCUT2D eigenvalue weighted by Crippen LogP contribution is -2.09. The van der Waals surface area contributed by atoms with Crippen molar-refractivity contribution in [2.45, 2.75) is 10.6 Å². The normalized spacial score (nSPS) is 11.6. The van der Waals surface area contributed by atoms with Crippen molar-refractivity contribution in [1.29, 1.82) is 0 Å². The van der Waals surface area contributed by atoms with E-state index in [0.717, 1.165) is 12.1 Å². The molecule has 20 heavy (non-hydrogen) atoms. The summed E-state index contributed by atoms with van der Waals surface area (Å²) in [5.74, 6) is -2.29. The van der Waals surface area contributed by atoms with Gasteiger partial charge in [0.25, 0.3) is 0 Å². The molecule has 0 radical (unpaired) electrons. The SMILES string of the molecule is Nc1cc(Br)ccc1CS(=O)(=O)c1cc(F)ccc1F. The molecule has 0 fully saturated rings. The van der Waals surface area contributed by atoms with E-state index in [-0.39, 0.29) is 5.69 Å². The van der Waals surface area contributed by atoms with Gasteiger partial charge in [-0.2, -0.15) is 0 Å². The Balaban J connectivity index is 2.43. The van der Waals surface area contributed by atoms with Gasteiger partial charge in [0, 0.05) is 10.2 Å². The molecule has 0 bridgehead atoms. The van der Waals surface area contributed by atoms with Gasteiger partial charge in [0.1, 0.15) is 16.5 Å². The highest BCUT2D eigenvalue weighted by Crippen LogP contribution is 2.25. The number of rotatable bonds is 3. The molecule has 3 nitrogen and oxygen atoms in total. The molecule has 0 unspecified atom stereocenters. The number of nitrogen functional groups attached to an aromatic ring is 1. The molecule has 106 valence electrons. The lowest BCUT2D eigenvalue weighted by Gasteiger charge is -2.08. The Labute approximate surface area is 123 Å². The molecule has 2 rings (SSSR count). The number of benzene rings is 2. The summed E-state index contributed by atoms with van der Waals surface area (Å²) in [5.41, 5.74) is 6.31. The molecule has 7 heteroatoms. The van der Waals surface area contributed by atoms with E-state index >= 15 is 0 Å². The smallest absolute Gasteiger partial charge is 0.185 e. The molecule has 0 saturated carbocycles. The Bertz CT molecular complexity index is 763. The average molecular weight is 362 g/mol. The highest BCUT2D eigenvalue weighted by atomic mass is 79.9. The van der Waals surface area contributed by atoms with Gasteiger partial charge in [-0.05, 0) is 35.9 Å². The number of hydrogen-bond acceptors (Lipinski definition) is 3. The fraction of sp³-hybridized carbons (Fsp3) is 0.0769. The van der Waals surface area contributed by atoms with E-state index in [0.29, 0.717) is 16.1 Å². The molecule has 2 aromatic rings. The van der Waals surface area contributed by atoms with E-state index < -0.39 is 32.1 Å². The summed E-state index contributed by atoms with van der Waals surface area (Å²) in [6, 6.07) is 7.01. The van der Waals surface area contributed by atoms with Crippen LogP contribution in [0.5, 0.6) is 0 Å². The van der Waals surface area contributed by atoms with Crippen LogP contribution in [0.15, 0.2) is 45.8 Å². The summed E-state index contributed by atoms with van der Waals surface area (Å²) in [6.07, 6.45) is 0. The molecular formula is C13H10BrF2NO2S. The van der Waals surface area contributed by atoms with Gasteiger partial charge in [0.05, 0.1) is 5.75 Å². The molecule has 0 saturated heterocycles. The summed E-state index contributed by atoms with van der Waals surface area (Å²) >= 11 is 3.20. The van der Waals surface area contributed by atoms with Gasteiger partial charge in [-0.15, -0.1) is 0 Å². The summed E-state index contributed by atoms with van der Waals surface area (Å²) in [7, 11) is -4.01. The minimum Gasteiger partial charge on any atom is -0.398 e. The van der Waals surface area contributed by atoms with E-state index in [9.17, 15) is 17.2 Å². The zero-order chi connectivity index (χ0) is 14.9. The maximum atomic E-state index is 13.5. The first-order valence-electron chi connectivity index (χ1n) is 5.51. The number of hydrogen-bond donors (Lipinski definition) is 1. The molecule has 0 spiro atoms. The molecule has 0 amide bonds. The lowest BCUT2D eigenvalue weighted by molar-refractivity contribution is 0.553. The predicted molar refractivity (Wildman–Crippen MR) is 75.8 cm³/mol. The van der Waals surface area contributed by atoms with Crippen molar-refractivity contribution in [3.05, 3.63) is 58.1 Å². The van der Waals surface area contributed by atoms with Crippen molar-refractivity contribution < 1.29 is 17.2 Å². The third-order valence-electron chi connectivity index (χ3n) is 2.68. The zero-order valence-electron chi connectivity index (χ0n) is 10.1. The van der Waals surface area contributed by atoms with Crippen LogP contribution in [0.2, 0.25) is 0 Å². The Morgan fingerprint density at radius 2 is 1.80 bits per heavy atom. The van der Waals surface area contributed by atoms with E-state index in [1.54, 1.807) is 12.1 Å². The maximum Gasteiger partial charge on any atom is 0.185 e. The van der Waals surface area contributed by atoms with Crippen LogP contribution in [0, 0.1) is 11.6 Å². The van der Waals surface area contributed by atoms with Gasteiger partial charge in [0.15, 0.2) is 9.84 Å². The van der Waals surface area contributed by atoms with Crippen molar-refractivity contribution in [2.75, 3.05) is 5.73 Å². The van der Waals surface area contributed by atoms with Gasteiger partial charge < -0.3 is 5.73 Å². The molecule has 2 N–H and O–H groups in total. The topological polar surface area (TPSA) is 60.2 Å². The van der Waals surface area contributed by atoms with Crippen molar-refractivity contribution in [3.63, 3.8) is 0 Å². The summed E-state index contributed by atoms with van der Waals surface area (Å²) in [4.78, 5) is -0.667. The Hall–Kier alpha value is -1.47. The van der Waals surface area contributed by atoms with Crippen LogP contribution >= 0.6 is 15.9 Å². The van der Waals surface area contributed by atoms with E-state index in [1.165, 1.54) is 6.07 Å². The second-order valence-electron chi connectivity index (χ2n) is 4.18. The van der Waals surface area contributed by atoms with Gasteiger partial charge in [-0.1, -0.05) is 22.0 Å². The van der Waals surface area contributed by atoms with Crippen LogP contribution in [-0.2, 0) is 15.6 Å². The van der Waals surface area contributed by atoms with Crippen LogP contribution in [-0.4, -0.2) is 8.42 Å². The minimum absolute atomic E-state index is 0.264. The molecule has 0 aliphatic rings. The maximum absolute atomic E-state index is 13.5. The average Bonchev–Trinajstić information content (AvgIpc) is 2.35. The Morgan fingerprint density at radius 1 is 1.10 bits per heavy atom. The van der Waals surface area contributed by atoms with Crippen molar-refractivity contribution in [1.82, 2.24) is 0 Å². The molecular weight excluding hydrogens is 352 g/mol. The molecule has 0 heterocycles. The quantitative estimate of drug-likeness (QED) is 0.853. The van der Waals surface area contributed by atoms with Crippen molar-refractivity contribution in [3.8, 4) is 0 Å². The fourth-order valence-electron chi connectivity index (χ4n) is 1.70. The molecule has 0 aromatic heterocycles. The van der Waals surface area contributed by atoms with Crippen LogP contribution in [0.4, 0.5) is 14.5 Å². The van der Waals surface area contributed by atoms with E-state index in [4.69, 9.17) is 5.73 Å². The monoisotopic (exact) mass is 361 g/mol. The van der Waals surface area contributed by atoms with Crippen LogP contribution < -0.4 is 5.73 Å². The van der Waals surface area contributed by atoms with Crippen LogP contribution in [0.3, 0.4) is 0 Å². The predicted octanol–water partition coefficient (Wildman–Crippen LogP) is 3.28. The second kappa shape index (κ2) is 5.49. The third kappa shape index (κ3) is 3.16. The molecule has 0 atom stereocenters. The van der Waals surface area contributed by atoms with Crippen LogP contribution in [0.25, 0.3) is 0 Å². The lowest BCUT2D eigenvalue weighted by atomic mass is 10.2. The van der Waals surface area contributed by atoms with Crippen molar-refractivity contribution >= 4 is 31.5 Å². The standard InChI is InChI=1S/C13H10BrF2NO2S/c14-9-2-1-8(12(17)5-9)7-20(18,19)13-6-10(15)3-4-11(13)16/h1-6H,7,17H2. The summed E-state index contributed by atoms with van der Waals surface area (Å²) in [5, 5.41) is 0. The van der Waals surface area contributed by atoms with Gasteiger partial charge in [-0.3, -0.25) is 0 Å². The molecule has 2 aromatic carbocycles. The highest BCUT2D eigenvalue weighted by Gasteiger charge is 2.21. The first-order chi connectivity index (χ1) is 9.29. The van der Waals surface area contributed by atoms with Gasteiger partial charge in [-0.25, -0.2) is 17.2 Å². The Kier molecular flexibility index (Phi) is 4.10. The number of nitrogens with two attached hydrogens (primary N) is 1. The van der Waals surface area contributed by atoms with E-state index in [1.807, 2.05) is 0 Å². The zero-order valence-corrected chi connectivity index (χ0v) is 12.5. The third-order valence-corrected chi connectivity index (χ3v) is 4.85. The summed E-state index contributed by atoms with van der Waals surface area (Å²) in [6.45, 7) is 0. The highest BCUT2D eigenvalue weighted by molar-refractivity contribution is 9.10. The van der Waals surface area contributed by atoms with E-state index in [2.05, 4.69) is 15.9 Å². The first-order valence-corrected chi connectivity index (χ1v) is 7.96. The van der Waals surface area contributed by atoms with Crippen molar-refractivity contribution in [2.24, 2.45) is 0 Å².